The summed E-state index contributed by atoms with van der Waals surface area (Å²) < 4.78 is 7.55. The molecule has 2 aliphatic rings. The van der Waals surface area contributed by atoms with Crippen molar-refractivity contribution in [2.45, 2.75) is 103 Å². The van der Waals surface area contributed by atoms with Crippen molar-refractivity contribution >= 4 is 46.2 Å². The number of hydrogen-bond acceptors (Lipinski definition) is 5. The lowest BCUT2D eigenvalue weighted by molar-refractivity contribution is -0.142. The molecule has 9 nitrogen and oxygen atoms in total. The highest BCUT2D eigenvalue weighted by Gasteiger charge is 2.40. The molecule has 2 fully saturated rings. The first-order valence-electron chi connectivity index (χ1n) is 16.0. The maximum absolute atomic E-state index is 14.4. The first-order chi connectivity index (χ1) is 20.7. The summed E-state index contributed by atoms with van der Waals surface area (Å²) in [6.45, 7) is 8.28. The summed E-state index contributed by atoms with van der Waals surface area (Å²) in [7, 11) is 5.03. The Morgan fingerprint density at radius 1 is 1.02 bits per heavy atom. The van der Waals surface area contributed by atoms with Gasteiger partial charge in [-0.15, -0.1) is 0 Å². The van der Waals surface area contributed by atoms with Gasteiger partial charge in [0.2, 0.25) is 5.91 Å². The number of hydrogen-bond donors (Lipinski definition) is 0. The molecule has 1 aliphatic carbocycles. The van der Waals surface area contributed by atoms with E-state index in [0.29, 0.717) is 23.7 Å². The predicted octanol–water partition coefficient (Wildman–Crippen LogP) is 6.40. The van der Waals surface area contributed by atoms with Crippen LogP contribution in [0.25, 0.3) is 10.9 Å². The number of ether oxygens (including phenoxy) is 1. The Bertz CT molecular complexity index is 1370. The van der Waals surface area contributed by atoms with E-state index in [1.54, 1.807) is 53.7 Å². The lowest BCUT2D eigenvalue weighted by Crippen LogP contribution is -2.47. The summed E-state index contributed by atoms with van der Waals surface area (Å²) in [5, 5.41) is 1.35. The Hall–Kier alpha value is -3.07. The minimum absolute atomic E-state index is 0.0315. The van der Waals surface area contributed by atoms with Gasteiger partial charge < -0.3 is 24.0 Å². The number of likely N-dealkylation sites (tertiary alicyclic amines) is 1. The quantitative estimate of drug-likeness (QED) is 0.320. The van der Waals surface area contributed by atoms with Gasteiger partial charge >= 0.3 is 6.09 Å². The van der Waals surface area contributed by atoms with Crippen molar-refractivity contribution in [1.82, 2.24) is 19.3 Å². The van der Waals surface area contributed by atoms with Crippen molar-refractivity contribution in [2.75, 3.05) is 27.7 Å². The van der Waals surface area contributed by atoms with E-state index in [1.165, 1.54) is 4.90 Å². The summed E-state index contributed by atoms with van der Waals surface area (Å²) in [4.78, 5) is 58.6. The largest absolute Gasteiger partial charge is 0.444 e. The van der Waals surface area contributed by atoms with E-state index in [2.05, 4.69) is 4.57 Å². The second kappa shape index (κ2) is 13.9. The van der Waals surface area contributed by atoms with Crippen LogP contribution < -0.4 is 0 Å². The number of likely N-dealkylation sites (N-methyl/N-ethyl adjacent to an activating group) is 1. The van der Waals surface area contributed by atoms with E-state index in [-0.39, 0.29) is 36.0 Å². The van der Waals surface area contributed by atoms with Gasteiger partial charge in [-0.05, 0) is 77.5 Å². The molecule has 0 spiro atoms. The number of Topliss-reactive ketones (excluding diaryl/α,β-unsaturated/α-hetero) is 1. The van der Waals surface area contributed by atoms with E-state index >= 15 is 0 Å². The Labute approximate surface area is 266 Å². The number of carbonyl (C=O) groups excluding carboxylic acids is 4. The third-order valence-corrected chi connectivity index (χ3v) is 9.47. The Morgan fingerprint density at radius 3 is 2.34 bits per heavy atom. The van der Waals surface area contributed by atoms with Crippen LogP contribution >= 0.6 is 11.6 Å². The zero-order valence-electron chi connectivity index (χ0n) is 27.4. The SMILES string of the molecule is C[C@@H](C(=O)C[C@H](C(=O)N1CCC[C@H]1Cn1cc(C(=O)N(C)C)c2cc(Cl)ccc21)C1CCCCC1)N(C)C(=O)OC(C)(C)C. The first kappa shape index (κ1) is 33.8. The number of benzene rings is 1. The molecule has 0 bridgehead atoms. The Balaban J connectivity index is 1.56. The molecular weight excluding hydrogens is 580 g/mol. The number of ketones is 1. The molecule has 1 aliphatic heterocycles. The van der Waals surface area contributed by atoms with Gasteiger partial charge in [0, 0.05) is 74.7 Å². The molecule has 0 radical (unpaired) electrons. The Morgan fingerprint density at radius 2 is 1.70 bits per heavy atom. The van der Waals surface area contributed by atoms with E-state index in [0.717, 1.165) is 55.8 Å². The van der Waals surface area contributed by atoms with Crippen molar-refractivity contribution in [3.63, 3.8) is 0 Å². The van der Waals surface area contributed by atoms with Crippen LogP contribution in [-0.2, 0) is 20.9 Å². The molecule has 1 saturated carbocycles. The molecule has 1 aromatic carbocycles. The van der Waals surface area contributed by atoms with Crippen LogP contribution in [0.15, 0.2) is 24.4 Å². The maximum atomic E-state index is 14.4. The van der Waals surface area contributed by atoms with Crippen LogP contribution in [0.1, 0.15) is 89.4 Å². The van der Waals surface area contributed by atoms with Crippen molar-refractivity contribution < 1.29 is 23.9 Å². The molecule has 2 aromatic rings. The monoisotopic (exact) mass is 628 g/mol. The number of halogens is 1. The fourth-order valence-corrected chi connectivity index (χ4v) is 6.85. The van der Waals surface area contributed by atoms with E-state index in [1.807, 2.05) is 29.3 Å². The fraction of sp³-hybridized carbons (Fsp3) is 0.647. The molecule has 10 heteroatoms. The summed E-state index contributed by atoms with van der Waals surface area (Å²) >= 11 is 6.31. The smallest absolute Gasteiger partial charge is 0.410 e. The minimum atomic E-state index is -0.705. The van der Waals surface area contributed by atoms with E-state index in [4.69, 9.17) is 16.3 Å². The highest BCUT2D eigenvalue weighted by atomic mass is 35.5. The van der Waals surface area contributed by atoms with Crippen LogP contribution in [0, 0.1) is 11.8 Å². The molecule has 3 atom stereocenters. The number of rotatable bonds is 9. The maximum Gasteiger partial charge on any atom is 0.410 e. The van der Waals surface area contributed by atoms with Crippen LogP contribution in [0.3, 0.4) is 0 Å². The van der Waals surface area contributed by atoms with Gasteiger partial charge in [0.25, 0.3) is 5.91 Å². The van der Waals surface area contributed by atoms with Gasteiger partial charge in [-0.3, -0.25) is 14.4 Å². The average molecular weight is 629 g/mol. The zero-order chi connectivity index (χ0) is 32.3. The molecule has 242 valence electrons. The van der Waals surface area contributed by atoms with Crippen molar-refractivity contribution in [3.8, 4) is 0 Å². The topological polar surface area (TPSA) is 92.2 Å². The number of carbonyl (C=O) groups is 4. The third-order valence-electron chi connectivity index (χ3n) is 9.23. The van der Waals surface area contributed by atoms with Crippen LogP contribution in [0.5, 0.6) is 0 Å². The summed E-state index contributed by atoms with van der Waals surface area (Å²) in [6.07, 6.45) is 8.27. The molecule has 0 N–H and O–H groups in total. The normalized spacial score (nSPS) is 19.1. The fourth-order valence-electron chi connectivity index (χ4n) is 6.67. The number of amides is 3. The minimum Gasteiger partial charge on any atom is -0.444 e. The highest BCUT2D eigenvalue weighted by Crippen LogP contribution is 2.36. The summed E-state index contributed by atoms with van der Waals surface area (Å²) in [5.74, 6) is -0.484. The zero-order valence-corrected chi connectivity index (χ0v) is 28.2. The van der Waals surface area contributed by atoms with Gasteiger partial charge in [-0.25, -0.2) is 4.79 Å². The van der Waals surface area contributed by atoms with Gasteiger partial charge in [-0.2, -0.15) is 0 Å². The van der Waals surface area contributed by atoms with Crippen LogP contribution in [0.2, 0.25) is 5.02 Å². The molecule has 44 heavy (non-hydrogen) atoms. The molecule has 4 rings (SSSR count). The summed E-state index contributed by atoms with van der Waals surface area (Å²) in [5.41, 5.74) is 0.811. The number of nitrogens with zero attached hydrogens (tertiary/aromatic N) is 4. The van der Waals surface area contributed by atoms with Gasteiger partial charge in [0.15, 0.2) is 5.78 Å². The average Bonchev–Trinajstić information content (AvgIpc) is 3.58. The lowest BCUT2D eigenvalue weighted by atomic mass is 9.76. The second-order valence-corrected chi connectivity index (χ2v) is 14.3. The molecule has 1 aromatic heterocycles. The number of aromatic nitrogens is 1. The Kier molecular flexibility index (Phi) is 10.7. The van der Waals surface area contributed by atoms with Crippen molar-refractivity contribution in [3.05, 3.63) is 35.0 Å². The predicted molar refractivity (Wildman–Crippen MR) is 173 cm³/mol. The van der Waals surface area contributed by atoms with Crippen LogP contribution in [-0.4, -0.2) is 88.3 Å². The second-order valence-electron chi connectivity index (χ2n) is 13.8. The standard InChI is InChI=1S/C34H49ClN4O5/c1-22(37(7)33(43)44-34(2,3)4)30(40)19-26(23-12-9-8-10-13-23)32(42)39-17-11-14-25(39)20-38-21-28(31(41)36(5)6)27-18-24(35)15-16-29(27)38/h15-16,18,21-23,25-26H,8-14,17,19-20H2,1-7H3/t22-,25-,26-/m0/s1. The molecule has 0 unspecified atom stereocenters. The lowest BCUT2D eigenvalue weighted by Gasteiger charge is -2.35. The van der Waals surface area contributed by atoms with Crippen LogP contribution in [0.4, 0.5) is 4.79 Å². The van der Waals surface area contributed by atoms with Gasteiger partial charge in [-0.1, -0.05) is 30.9 Å². The third kappa shape index (κ3) is 7.76. The molecule has 1 saturated heterocycles. The van der Waals surface area contributed by atoms with Gasteiger partial charge in [0.05, 0.1) is 11.6 Å². The molecule has 2 heterocycles. The molecule has 3 amide bonds. The molecular formula is C34H49ClN4O5. The summed E-state index contributed by atoms with van der Waals surface area (Å²) in [6, 6.07) is 4.81. The van der Waals surface area contributed by atoms with Crippen molar-refractivity contribution in [1.29, 1.82) is 0 Å². The first-order valence-corrected chi connectivity index (χ1v) is 16.3. The van der Waals surface area contributed by atoms with E-state index in [9.17, 15) is 19.2 Å². The van der Waals surface area contributed by atoms with Gasteiger partial charge in [0.1, 0.15) is 5.60 Å². The van der Waals surface area contributed by atoms with E-state index < -0.39 is 23.7 Å². The van der Waals surface area contributed by atoms with Crippen molar-refractivity contribution in [2.24, 2.45) is 11.8 Å². The highest BCUT2D eigenvalue weighted by molar-refractivity contribution is 6.31. The number of fused-ring (bicyclic) bond motifs is 1.